The normalized spacial score (nSPS) is 22.3. The van der Waals surface area contributed by atoms with Gasteiger partial charge in [-0.3, -0.25) is 4.79 Å². The Morgan fingerprint density at radius 3 is 2.79 bits per heavy atom. The van der Waals surface area contributed by atoms with Gasteiger partial charge >= 0.3 is 0 Å². The van der Waals surface area contributed by atoms with Crippen LogP contribution in [0.1, 0.15) is 24.8 Å². The average molecular weight is 262 g/mol. The van der Waals surface area contributed by atoms with Crippen molar-refractivity contribution in [2.24, 2.45) is 5.16 Å². The molecule has 1 fully saturated rings. The van der Waals surface area contributed by atoms with Crippen LogP contribution in [-0.2, 0) is 9.63 Å². The van der Waals surface area contributed by atoms with Crippen molar-refractivity contribution in [2.75, 3.05) is 13.1 Å². The summed E-state index contributed by atoms with van der Waals surface area (Å²) in [5.74, 6) is -0.369. The molecule has 5 heteroatoms. The largest absolute Gasteiger partial charge is 0.382 e. The molecule has 3 rings (SSSR count). The highest BCUT2D eigenvalue weighted by molar-refractivity contribution is 6.04. The van der Waals surface area contributed by atoms with E-state index in [4.69, 9.17) is 4.84 Å². The highest BCUT2D eigenvalue weighted by Crippen LogP contribution is 2.21. The molecule has 1 atom stereocenters. The first-order valence-electron chi connectivity index (χ1n) is 6.52. The first-order chi connectivity index (χ1) is 9.25. The molecule has 0 bridgehead atoms. The maximum Gasteiger partial charge on any atom is 0.266 e. The summed E-state index contributed by atoms with van der Waals surface area (Å²) in [4.78, 5) is 19.1. The highest BCUT2D eigenvalue weighted by Gasteiger charge is 2.33. The van der Waals surface area contributed by atoms with Crippen LogP contribution in [0.25, 0.3) is 0 Å². The summed E-state index contributed by atoms with van der Waals surface area (Å²) < 4.78 is 13.6. The van der Waals surface area contributed by atoms with Gasteiger partial charge in [0, 0.05) is 25.1 Å². The molecule has 1 aromatic carbocycles. The molecule has 0 N–H and O–H groups in total. The summed E-state index contributed by atoms with van der Waals surface area (Å²) >= 11 is 0. The van der Waals surface area contributed by atoms with E-state index in [0.29, 0.717) is 17.7 Å². The molecular formula is C14H15FN2O2. The van der Waals surface area contributed by atoms with Crippen LogP contribution in [0.2, 0.25) is 0 Å². The third-order valence-electron chi connectivity index (χ3n) is 3.55. The lowest BCUT2D eigenvalue weighted by atomic mass is 10.0. The van der Waals surface area contributed by atoms with E-state index in [-0.39, 0.29) is 11.7 Å². The Bertz CT molecular complexity index is 524. The molecule has 0 spiro atoms. The van der Waals surface area contributed by atoms with Crippen LogP contribution in [0.15, 0.2) is 29.4 Å². The Morgan fingerprint density at radius 1 is 1.32 bits per heavy atom. The van der Waals surface area contributed by atoms with Crippen molar-refractivity contribution in [1.82, 2.24) is 4.90 Å². The monoisotopic (exact) mass is 262 g/mol. The molecule has 100 valence electrons. The molecule has 1 saturated heterocycles. The van der Waals surface area contributed by atoms with E-state index in [1.54, 1.807) is 23.1 Å². The van der Waals surface area contributed by atoms with Gasteiger partial charge in [0.25, 0.3) is 5.91 Å². The van der Waals surface area contributed by atoms with Crippen molar-refractivity contribution in [3.05, 3.63) is 35.6 Å². The van der Waals surface area contributed by atoms with E-state index in [1.165, 1.54) is 6.07 Å². The van der Waals surface area contributed by atoms with E-state index >= 15 is 0 Å². The molecule has 19 heavy (non-hydrogen) atoms. The lowest BCUT2D eigenvalue weighted by Gasteiger charge is -2.18. The van der Waals surface area contributed by atoms with Gasteiger partial charge in [-0.1, -0.05) is 23.4 Å². The molecule has 2 aliphatic rings. The fourth-order valence-electron chi connectivity index (χ4n) is 2.51. The number of rotatable bonds is 2. The summed E-state index contributed by atoms with van der Waals surface area (Å²) in [7, 11) is 0. The van der Waals surface area contributed by atoms with Gasteiger partial charge in [-0.25, -0.2) is 4.39 Å². The van der Waals surface area contributed by atoms with Gasteiger partial charge in [-0.2, -0.15) is 0 Å². The number of carbonyl (C=O) groups excluding carboxylic acids is 1. The zero-order valence-electron chi connectivity index (χ0n) is 10.5. The van der Waals surface area contributed by atoms with Crippen molar-refractivity contribution in [2.45, 2.75) is 25.4 Å². The predicted molar refractivity (Wildman–Crippen MR) is 68.2 cm³/mol. The Morgan fingerprint density at radius 2 is 2.05 bits per heavy atom. The van der Waals surface area contributed by atoms with Crippen molar-refractivity contribution in [3.63, 3.8) is 0 Å². The molecule has 2 heterocycles. The fourth-order valence-corrected chi connectivity index (χ4v) is 2.51. The lowest BCUT2D eigenvalue weighted by molar-refractivity contribution is -0.140. The number of nitrogens with zero attached hydrogens (tertiary/aromatic N) is 2. The molecule has 0 radical (unpaired) electrons. The molecule has 4 nitrogen and oxygen atoms in total. The third kappa shape index (κ3) is 2.32. The molecule has 0 saturated carbocycles. The Hall–Kier alpha value is -1.91. The van der Waals surface area contributed by atoms with Crippen LogP contribution < -0.4 is 0 Å². The maximum atomic E-state index is 13.6. The molecule has 1 aromatic rings. The number of hydrogen-bond donors (Lipinski definition) is 0. The topological polar surface area (TPSA) is 41.9 Å². The number of oxime groups is 1. The second kappa shape index (κ2) is 4.99. The van der Waals surface area contributed by atoms with Gasteiger partial charge in [-0.05, 0) is 18.9 Å². The van der Waals surface area contributed by atoms with E-state index in [2.05, 4.69) is 5.16 Å². The second-order valence-electron chi connectivity index (χ2n) is 4.85. The predicted octanol–water partition coefficient (Wildman–Crippen LogP) is 1.94. The average Bonchev–Trinajstić information content (AvgIpc) is 3.10. The summed E-state index contributed by atoms with van der Waals surface area (Å²) in [6, 6.07) is 6.41. The quantitative estimate of drug-likeness (QED) is 0.817. The van der Waals surface area contributed by atoms with Crippen molar-refractivity contribution >= 4 is 11.6 Å². The Balaban J connectivity index is 1.69. The third-order valence-corrected chi connectivity index (χ3v) is 3.55. The van der Waals surface area contributed by atoms with Gasteiger partial charge in [0.05, 0.1) is 5.71 Å². The maximum absolute atomic E-state index is 13.6. The molecule has 1 amide bonds. The number of amides is 1. The smallest absolute Gasteiger partial charge is 0.266 e. The summed E-state index contributed by atoms with van der Waals surface area (Å²) in [5, 5.41) is 3.87. The zero-order chi connectivity index (χ0) is 13.2. The summed E-state index contributed by atoms with van der Waals surface area (Å²) in [6.45, 7) is 1.57. The minimum absolute atomic E-state index is 0.0346. The Labute approximate surface area is 110 Å². The zero-order valence-corrected chi connectivity index (χ0v) is 10.5. The number of carbonyl (C=O) groups is 1. The van der Waals surface area contributed by atoms with Gasteiger partial charge in [-0.15, -0.1) is 0 Å². The Kier molecular flexibility index (Phi) is 3.19. The van der Waals surface area contributed by atoms with E-state index in [1.807, 2.05) is 0 Å². The van der Waals surface area contributed by atoms with Crippen LogP contribution >= 0.6 is 0 Å². The standard InChI is InChI=1S/C14H15FN2O2/c15-11-6-2-1-5-10(11)12-9-13(19-16-12)14(18)17-7-3-4-8-17/h1-2,5-6,13H,3-4,7-9H2/t13-/m1/s1. The number of benzene rings is 1. The molecule has 0 aliphatic carbocycles. The molecule has 0 aromatic heterocycles. The van der Waals surface area contributed by atoms with E-state index in [9.17, 15) is 9.18 Å². The number of likely N-dealkylation sites (tertiary alicyclic amines) is 1. The summed E-state index contributed by atoms with van der Waals surface area (Å²) in [5.41, 5.74) is 0.926. The van der Waals surface area contributed by atoms with Crippen LogP contribution in [0.5, 0.6) is 0 Å². The van der Waals surface area contributed by atoms with Gasteiger partial charge in [0.15, 0.2) is 0 Å². The van der Waals surface area contributed by atoms with Crippen LogP contribution in [0.3, 0.4) is 0 Å². The minimum atomic E-state index is -0.590. The van der Waals surface area contributed by atoms with Crippen molar-refractivity contribution in [3.8, 4) is 0 Å². The lowest BCUT2D eigenvalue weighted by Crippen LogP contribution is -2.37. The minimum Gasteiger partial charge on any atom is -0.382 e. The van der Waals surface area contributed by atoms with Crippen molar-refractivity contribution < 1.29 is 14.0 Å². The van der Waals surface area contributed by atoms with E-state index < -0.39 is 6.10 Å². The fraction of sp³-hybridized carbons (Fsp3) is 0.429. The second-order valence-corrected chi connectivity index (χ2v) is 4.85. The van der Waals surface area contributed by atoms with Crippen LogP contribution in [0.4, 0.5) is 4.39 Å². The molecule has 2 aliphatic heterocycles. The van der Waals surface area contributed by atoms with Crippen molar-refractivity contribution in [1.29, 1.82) is 0 Å². The summed E-state index contributed by atoms with van der Waals surface area (Å²) in [6.07, 6.45) is 1.84. The van der Waals surface area contributed by atoms with Gasteiger partial charge in [0.2, 0.25) is 6.10 Å². The number of halogens is 1. The number of hydrogen-bond acceptors (Lipinski definition) is 3. The van der Waals surface area contributed by atoms with Crippen LogP contribution in [0, 0.1) is 5.82 Å². The van der Waals surface area contributed by atoms with Gasteiger partial charge < -0.3 is 9.74 Å². The SMILES string of the molecule is O=C([C@H]1CC(c2ccccc2F)=NO1)N1CCCC1. The highest BCUT2D eigenvalue weighted by atomic mass is 19.1. The van der Waals surface area contributed by atoms with Gasteiger partial charge in [0.1, 0.15) is 5.82 Å². The van der Waals surface area contributed by atoms with E-state index in [0.717, 1.165) is 25.9 Å². The van der Waals surface area contributed by atoms with Crippen LogP contribution in [-0.4, -0.2) is 35.7 Å². The molecular weight excluding hydrogens is 247 g/mol. The first-order valence-corrected chi connectivity index (χ1v) is 6.52. The molecule has 0 unspecified atom stereocenters. The first kappa shape index (κ1) is 12.1.